The van der Waals surface area contributed by atoms with E-state index in [9.17, 15) is 4.79 Å². The zero-order chi connectivity index (χ0) is 20.0. The van der Waals surface area contributed by atoms with Gasteiger partial charge in [0, 0.05) is 30.3 Å². The fourth-order valence-corrected chi connectivity index (χ4v) is 3.68. The molecule has 0 N–H and O–H groups in total. The third-order valence-electron chi connectivity index (χ3n) is 5.21. The van der Waals surface area contributed by atoms with E-state index in [1.165, 1.54) is 0 Å². The maximum atomic E-state index is 12.9. The van der Waals surface area contributed by atoms with Crippen molar-refractivity contribution in [1.82, 2.24) is 15.0 Å². The molecule has 0 aliphatic carbocycles. The van der Waals surface area contributed by atoms with Crippen molar-refractivity contribution in [3.63, 3.8) is 0 Å². The first-order valence-electron chi connectivity index (χ1n) is 9.61. The molecule has 0 saturated heterocycles. The van der Waals surface area contributed by atoms with Crippen molar-refractivity contribution in [2.45, 2.75) is 26.3 Å². The maximum absolute atomic E-state index is 12.9. The predicted molar refractivity (Wildman–Crippen MR) is 108 cm³/mol. The van der Waals surface area contributed by atoms with Gasteiger partial charge in [-0.15, -0.1) is 0 Å². The highest BCUT2D eigenvalue weighted by Crippen LogP contribution is 2.38. The number of hydrogen-bond acceptors (Lipinski definition) is 6. The number of fused-ring (bicyclic) bond motifs is 2. The van der Waals surface area contributed by atoms with Crippen LogP contribution in [-0.4, -0.2) is 33.4 Å². The second kappa shape index (κ2) is 6.84. The highest BCUT2D eigenvalue weighted by Gasteiger charge is 2.34. The molecule has 1 atom stereocenters. The summed E-state index contributed by atoms with van der Waals surface area (Å²) in [6, 6.07) is 11.5. The molecule has 3 aromatic rings. The summed E-state index contributed by atoms with van der Waals surface area (Å²) in [7, 11) is 0. The molecule has 2 aliphatic rings. The maximum Gasteiger partial charge on any atom is 0.245 e. The normalized spacial score (nSPS) is 17.8. The van der Waals surface area contributed by atoms with Crippen LogP contribution in [0.15, 0.2) is 53.9 Å². The Hall–Kier alpha value is -3.48. The van der Waals surface area contributed by atoms with Gasteiger partial charge >= 0.3 is 0 Å². The van der Waals surface area contributed by atoms with Crippen LogP contribution >= 0.6 is 0 Å². The lowest BCUT2D eigenvalue weighted by Gasteiger charge is -2.23. The number of rotatable bonds is 3. The molecule has 0 saturated carbocycles. The fourth-order valence-electron chi connectivity index (χ4n) is 3.68. The summed E-state index contributed by atoms with van der Waals surface area (Å²) in [5.74, 6) is 1.27. The van der Waals surface area contributed by atoms with Gasteiger partial charge in [0.15, 0.2) is 11.5 Å². The molecule has 3 heterocycles. The van der Waals surface area contributed by atoms with Crippen molar-refractivity contribution in [1.29, 1.82) is 0 Å². The zero-order valence-corrected chi connectivity index (χ0v) is 16.2. The summed E-state index contributed by atoms with van der Waals surface area (Å²) in [6.45, 7) is 4.00. The van der Waals surface area contributed by atoms with E-state index in [1.807, 2.05) is 50.2 Å². The number of carbonyl (C=O) groups excluding carboxylic acids is 1. The molecular weight excluding hydrogens is 368 g/mol. The molecule has 7 heteroatoms. The van der Waals surface area contributed by atoms with E-state index in [0.29, 0.717) is 12.2 Å². The van der Waals surface area contributed by atoms with Gasteiger partial charge < -0.3 is 9.47 Å². The number of hydrazone groups is 1. The fraction of sp³-hybridized carbons (Fsp3) is 0.273. The lowest BCUT2D eigenvalue weighted by molar-refractivity contribution is -0.136. The second-order valence-electron chi connectivity index (χ2n) is 7.48. The molecule has 2 aromatic carbocycles. The van der Waals surface area contributed by atoms with Crippen LogP contribution in [-0.2, 0) is 4.79 Å². The number of aromatic nitrogens is 2. The molecule has 5 rings (SSSR count). The van der Waals surface area contributed by atoms with Crippen LogP contribution in [0, 0.1) is 5.92 Å². The number of nitrogens with zero attached hydrogens (tertiary/aromatic N) is 4. The number of hydrogen-bond donors (Lipinski definition) is 0. The van der Waals surface area contributed by atoms with Gasteiger partial charge in [-0.25, -0.2) is 5.01 Å². The Kier molecular flexibility index (Phi) is 4.16. The third kappa shape index (κ3) is 3.08. The van der Waals surface area contributed by atoms with Crippen LogP contribution in [0.1, 0.15) is 37.4 Å². The monoisotopic (exact) mass is 388 g/mol. The molecule has 2 aliphatic heterocycles. The van der Waals surface area contributed by atoms with Gasteiger partial charge in [0.2, 0.25) is 12.7 Å². The van der Waals surface area contributed by atoms with E-state index in [4.69, 9.17) is 14.6 Å². The van der Waals surface area contributed by atoms with Crippen LogP contribution in [0.4, 0.5) is 0 Å². The molecular formula is C22H20N4O3. The third-order valence-corrected chi connectivity index (χ3v) is 5.21. The molecule has 0 bridgehead atoms. The highest BCUT2D eigenvalue weighted by molar-refractivity contribution is 6.03. The summed E-state index contributed by atoms with van der Waals surface area (Å²) >= 11 is 0. The van der Waals surface area contributed by atoms with E-state index in [0.717, 1.165) is 33.6 Å². The predicted octanol–water partition coefficient (Wildman–Crippen LogP) is 3.69. The van der Waals surface area contributed by atoms with Crippen LogP contribution in [0.25, 0.3) is 11.0 Å². The summed E-state index contributed by atoms with van der Waals surface area (Å²) in [5.41, 5.74) is 4.40. The second-order valence-corrected chi connectivity index (χ2v) is 7.48. The first-order valence-corrected chi connectivity index (χ1v) is 9.61. The minimum Gasteiger partial charge on any atom is -0.454 e. The number of benzene rings is 2. The molecule has 0 radical (unpaired) electrons. The quantitative estimate of drug-likeness (QED) is 0.684. The Bertz CT molecular complexity index is 1140. The Morgan fingerprint density at radius 2 is 1.83 bits per heavy atom. The van der Waals surface area contributed by atoms with E-state index < -0.39 is 0 Å². The Balaban J connectivity index is 1.53. The van der Waals surface area contributed by atoms with Gasteiger partial charge in [0.25, 0.3) is 0 Å². The molecule has 7 nitrogen and oxygen atoms in total. The minimum atomic E-state index is -0.184. The Labute approximate surface area is 168 Å². The van der Waals surface area contributed by atoms with Gasteiger partial charge in [-0.1, -0.05) is 19.9 Å². The van der Waals surface area contributed by atoms with Gasteiger partial charge in [0.1, 0.15) is 0 Å². The number of carbonyl (C=O) groups is 1. The average Bonchev–Trinajstić information content (AvgIpc) is 3.39. The largest absolute Gasteiger partial charge is 0.454 e. The van der Waals surface area contributed by atoms with E-state index >= 15 is 0 Å². The van der Waals surface area contributed by atoms with Crippen LogP contribution in [0.2, 0.25) is 0 Å². The Morgan fingerprint density at radius 3 is 2.66 bits per heavy atom. The molecule has 0 unspecified atom stereocenters. The summed E-state index contributed by atoms with van der Waals surface area (Å²) in [5, 5.41) is 6.32. The average molecular weight is 388 g/mol. The van der Waals surface area contributed by atoms with Crippen molar-refractivity contribution >= 4 is 22.7 Å². The number of amides is 1. The van der Waals surface area contributed by atoms with Crippen molar-refractivity contribution in [2.75, 3.05) is 6.79 Å². The van der Waals surface area contributed by atoms with Gasteiger partial charge in [-0.05, 0) is 35.9 Å². The topological polar surface area (TPSA) is 76.9 Å². The van der Waals surface area contributed by atoms with Crippen molar-refractivity contribution in [3.05, 3.63) is 59.9 Å². The van der Waals surface area contributed by atoms with Crippen molar-refractivity contribution in [3.8, 4) is 11.5 Å². The van der Waals surface area contributed by atoms with Gasteiger partial charge in [0.05, 0.1) is 22.8 Å². The van der Waals surface area contributed by atoms with Crippen LogP contribution in [0.3, 0.4) is 0 Å². The summed E-state index contributed by atoms with van der Waals surface area (Å²) < 4.78 is 10.9. The standard InChI is InChI=1S/C22H20N4O3/c1-13(2)22(27)26-19(15-3-5-16-18(9-15)24-8-7-23-16)11-17(25-26)14-4-6-20-21(10-14)29-12-28-20/h3-10,13,19H,11-12H2,1-2H3/t19-/m0/s1. The van der Waals surface area contributed by atoms with Gasteiger partial charge in [-0.3, -0.25) is 14.8 Å². The number of ether oxygens (including phenoxy) is 2. The lowest BCUT2D eigenvalue weighted by atomic mass is 9.97. The molecule has 0 spiro atoms. The smallest absolute Gasteiger partial charge is 0.245 e. The lowest BCUT2D eigenvalue weighted by Crippen LogP contribution is -2.30. The molecule has 29 heavy (non-hydrogen) atoms. The molecule has 1 aromatic heterocycles. The van der Waals surface area contributed by atoms with E-state index in [-0.39, 0.29) is 24.7 Å². The van der Waals surface area contributed by atoms with Crippen LogP contribution < -0.4 is 9.47 Å². The summed E-state index contributed by atoms with van der Waals surface area (Å²) in [4.78, 5) is 21.6. The van der Waals surface area contributed by atoms with Crippen LogP contribution in [0.5, 0.6) is 11.5 Å². The molecule has 0 fully saturated rings. The highest BCUT2D eigenvalue weighted by atomic mass is 16.7. The van der Waals surface area contributed by atoms with E-state index in [2.05, 4.69) is 9.97 Å². The first kappa shape index (κ1) is 17.6. The molecule has 1 amide bonds. The van der Waals surface area contributed by atoms with E-state index in [1.54, 1.807) is 17.4 Å². The van der Waals surface area contributed by atoms with Crippen molar-refractivity contribution < 1.29 is 14.3 Å². The van der Waals surface area contributed by atoms with Gasteiger partial charge in [-0.2, -0.15) is 5.10 Å². The first-order chi connectivity index (χ1) is 14.1. The minimum absolute atomic E-state index is 0.00927. The SMILES string of the molecule is CC(C)C(=O)N1N=C(c2ccc3c(c2)OCO3)C[C@H]1c1ccc2nccnc2c1. The van der Waals surface area contributed by atoms with Crippen molar-refractivity contribution in [2.24, 2.45) is 11.0 Å². The zero-order valence-electron chi connectivity index (χ0n) is 16.2. The Morgan fingerprint density at radius 1 is 1.03 bits per heavy atom. The summed E-state index contributed by atoms with van der Waals surface area (Å²) in [6.07, 6.45) is 3.96. The molecule has 146 valence electrons.